The van der Waals surface area contributed by atoms with E-state index in [1.807, 2.05) is 0 Å². The summed E-state index contributed by atoms with van der Waals surface area (Å²) in [5, 5.41) is 2.90. The maximum absolute atomic E-state index is 13.7. The fourth-order valence-corrected chi connectivity index (χ4v) is 1.98. The Morgan fingerprint density at radius 2 is 2.28 bits per heavy atom. The first kappa shape index (κ1) is 12.9. The van der Waals surface area contributed by atoms with E-state index in [4.69, 9.17) is 4.74 Å². The van der Waals surface area contributed by atoms with E-state index < -0.39 is 17.8 Å². The molecule has 1 aromatic carbocycles. The molecule has 2 rings (SSSR count). The second kappa shape index (κ2) is 5.41. The van der Waals surface area contributed by atoms with Crippen LogP contribution in [0.1, 0.15) is 11.7 Å². The Labute approximate surface area is 104 Å². The molecule has 0 aliphatic carbocycles. The third-order valence-electron chi connectivity index (χ3n) is 2.87. The summed E-state index contributed by atoms with van der Waals surface area (Å²) in [4.78, 5) is 13.1. The Kier molecular flexibility index (Phi) is 3.88. The maximum Gasteiger partial charge on any atom is 0.238 e. The lowest BCUT2D eigenvalue weighted by atomic mass is 10.1. The molecule has 18 heavy (non-hydrogen) atoms. The predicted octanol–water partition coefficient (Wildman–Crippen LogP) is 1.04. The normalized spacial score (nSPS) is 19.6. The molecule has 1 unspecified atom stereocenters. The molecule has 98 valence electrons. The van der Waals surface area contributed by atoms with Crippen molar-refractivity contribution >= 4 is 5.91 Å². The minimum Gasteiger partial charge on any atom is -0.383 e. The van der Waals surface area contributed by atoms with Crippen LogP contribution in [0.4, 0.5) is 8.78 Å². The number of ether oxygens (including phenoxy) is 1. The Morgan fingerprint density at radius 1 is 1.50 bits per heavy atom. The Balaban J connectivity index is 2.22. The molecule has 1 N–H and O–H groups in total. The summed E-state index contributed by atoms with van der Waals surface area (Å²) in [5.41, 5.74) is 0.262. The first-order chi connectivity index (χ1) is 8.63. The molecule has 1 fully saturated rings. The molecule has 4 nitrogen and oxygen atoms in total. The van der Waals surface area contributed by atoms with E-state index in [-0.39, 0.29) is 18.0 Å². The molecule has 0 radical (unpaired) electrons. The minimum absolute atomic E-state index is 0.124. The number of halogens is 2. The van der Waals surface area contributed by atoms with Gasteiger partial charge >= 0.3 is 0 Å². The van der Waals surface area contributed by atoms with Crippen molar-refractivity contribution in [1.29, 1.82) is 0 Å². The summed E-state index contributed by atoms with van der Waals surface area (Å²) in [6.45, 7) is 0.877. The number of benzene rings is 1. The van der Waals surface area contributed by atoms with Crippen LogP contribution in [-0.2, 0) is 9.53 Å². The smallest absolute Gasteiger partial charge is 0.238 e. The molecule has 1 aliphatic rings. The van der Waals surface area contributed by atoms with Gasteiger partial charge in [-0.3, -0.25) is 10.1 Å². The van der Waals surface area contributed by atoms with Gasteiger partial charge in [-0.2, -0.15) is 0 Å². The average Bonchev–Trinajstić information content (AvgIpc) is 2.68. The van der Waals surface area contributed by atoms with E-state index in [1.54, 1.807) is 0 Å². The lowest BCUT2D eigenvalue weighted by Crippen LogP contribution is -2.33. The van der Waals surface area contributed by atoms with Gasteiger partial charge in [0.25, 0.3) is 0 Å². The van der Waals surface area contributed by atoms with Crippen LogP contribution in [0.15, 0.2) is 18.2 Å². The van der Waals surface area contributed by atoms with E-state index in [2.05, 4.69) is 5.32 Å². The van der Waals surface area contributed by atoms with Crippen molar-refractivity contribution in [3.05, 3.63) is 35.4 Å². The van der Waals surface area contributed by atoms with Gasteiger partial charge in [0.05, 0.1) is 13.2 Å². The van der Waals surface area contributed by atoms with Crippen LogP contribution in [0, 0.1) is 11.6 Å². The SMILES string of the molecule is COCCN1C(=O)CNC1c1ccc(F)cc1F. The first-order valence-corrected chi connectivity index (χ1v) is 5.60. The second-order valence-electron chi connectivity index (χ2n) is 4.03. The number of rotatable bonds is 4. The van der Waals surface area contributed by atoms with E-state index in [9.17, 15) is 13.6 Å². The molecule has 6 heteroatoms. The van der Waals surface area contributed by atoms with Gasteiger partial charge in [-0.1, -0.05) is 0 Å². The highest BCUT2D eigenvalue weighted by Gasteiger charge is 2.32. The number of methoxy groups -OCH3 is 1. The van der Waals surface area contributed by atoms with Crippen molar-refractivity contribution in [2.45, 2.75) is 6.17 Å². The third kappa shape index (κ3) is 2.49. The number of amides is 1. The van der Waals surface area contributed by atoms with Gasteiger partial charge < -0.3 is 9.64 Å². The number of hydrogen-bond donors (Lipinski definition) is 1. The summed E-state index contributed by atoms with van der Waals surface area (Å²) in [7, 11) is 1.53. The van der Waals surface area contributed by atoms with Crippen LogP contribution in [0.5, 0.6) is 0 Å². The van der Waals surface area contributed by atoms with Gasteiger partial charge in [0, 0.05) is 25.3 Å². The van der Waals surface area contributed by atoms with Gasteiger partial charge in [0.1, 0.15) is 17.8 Å². The lowest BCUT2D eigenvalue weighted by Gasteiger charge is -2.24. The Morgan fingerprint density at radius 3 is 2.94 bits per heavy atom. The van der Waals surface area contributed by atoms with E-state index in [0.717, 1.165) is 6.07 Å². The summed E-state index contributed by atoms with van der Waals surface area (Å²) in [6, 6.07) is 3.34. The standard InChI is InChI=1S/C12H14F2N2O2/c1-18-5-4-16-11(17)7-15-12(16)9-3-2-8(13)6-10(9)14/h2-3,6,12,15H,4-5,7H2,1H3. The van der Waals surface area contributed by atoms with E-state index >= 15 is 0 Å². The Hall–Kier alpha value is -1.53. The zero-order chi connectivity index (χ0) is 13.1. The van der Waals surface area contributed by atoms with Gasteiger partial charge in [0.2, 0.25) is 5.91 Å². The largest absolute Gasteiger partial charge is 0.383 e. The number of hydrogen-bond acceptors (Lipinski definition) is 3. The summed E-state index contributed by atoms with van der Waals surface area (Å²) < 4.78 is 31.4. The van der Waals surface area contributed by atoms with Crippen LogP contribution < -0.4 is 5.32 Å². The van der Waals surface area contributed by atoms with Gasteiger partial charge in [-0.15, -0.1) is 0 Å². The number of nitrogens with one attached hydrogen (secondary N) is 1. The maximum atomic E-state index is 13.7. The molecular weight excluding hydrogens is 242 g/mol. The van der Waals surface area contributed by atoms with Gasteiger partial charge in [-0.25, -0.2) is 8.78 Å². The quantitative estimate of drug-likeness (QED) is 0.875. The highest BCUT2D eigenvalue weighted by atomic mass is 19.1. The van der Waals surface area contributed by atoms with Gasteiger partial charge in [-0.05, 0) is 12.1 Å². The highest BCUT2D eigenvalue weighted by molar-refractivity contribution is 5.80. The van der Waals surface area contributed by atoms with Gasteiger partial charge in [0.15, 0.2) is 0 Å². The fourth-order valence-electron chi connectivity index (χ4n) is 1.98. The van der Waals surface area contributed by atoms with Crippen molar-refractivity contribution < 1.29 is 18.3 Å². The number of carbonyl (C=O) groups excluding carboxylic acids is 1. The summed E-state index contributed by atoms with van der Waals surface area (Å²) >= 11 is 0. The predicted molar refractivity (Wildman–Crippen MR) is 60.7 cm³/mol. The fraction of sp³-hybridized carbons (Fsp3) is 0.417. The average molecular weight is 256 g/mol. The zero-order valence-corrected chi connectivity index (χ0v) is 9.95. The third-order valence-corrected chi connectivity index (χ3v) is 2.87. The van der Waals surface area contributed by atoms with E-state index in [1.165, 1.54) is 24.1 Å². The minimum atomic E-state index is -0.662. The Bertz CT molecular complexity index is 454. The van der Waals surface area contributed by atoms with Crippen LogP contribution >= 0.6 is 0 Å². The molecule has 1 heterocycles. The van der Waals surface area contributed by atoms with Crippen LogP contribution in [0.3, 0.4) is 0 Å². The first-order valence-electron chi connectivity index (χ1n) is 5.60. The topological polar surface area (TPSA) is 41.6 Å². The molecular formula is C12H14F2N2O2. The molecule has 0 spiro atoms. The van der Waals surface area contributed by atoms with Crippen molar-refractivity contribution in [3.63, 3.8) is 0 Å². The van der Waals surface area contributed by atoms with Crippen molar-refractivity contribution in [2.24, 2.45) is 0 Å². The summed E-state index contributed by atoms with van der Waals surface area (Å²) in [6.07, 6.45) is -0.562. The van der Waals surface area contributed by atoms with Crippen molar-refractivity contribution in [3.8, 4) is 0 Å². The molecule has 1 aliphatic heterocycles. The molecule has 1 saturated heterocycles. The second-order valence-corrected chi connectivity index (χ2v) is 4.03. The number of carbonyl (C=O) groups is 1. The molecule has 1 aromatic rings. The van der Waals surface area contributed by atoms with Crippen LogP contribution in [0.25, 0.3) is 0 Å². The zero-order valence-electron chi connectivity index (χ0n) is 9.95. The molecule has 0 bridgehead atoms. The summed E-state index contributed by atoms with van der Waals surface area (Å²) in [5.74, 6) is -1.42. The van der Waals surface area contributed by atoms with Crippen molar-refractivity contribution in [2.75, 3.05) is 26.8 Å². The molecule has 1 atom stereocenters. The molecule has 1 amide bonds. The number of nitrogens with zero attached hydrogens (tertiary/aromatic N) is 1. The van der Waals surface area contributed by atoms with Crippen molar-refractivity contribution in [1.82, 2.24) is 10.2 Å². The van der Waals surface area contributed by atoms with E-state index in [0.29, 0.717) is 13.2 Å². The molecule has 0 aromatic heterocycles. The monoisotopic (exact) mass is 256 g/mol. The van der Waals surface area contributed by atoms with Crippen LogP contribution in [0.2, 0.25) is 0 Å². The lowest BCUT2D eigenvalue weighted by molar-refractivity contribution is -0.128. The van der Waals surface area contributed by atoms with Crippen LogP contribution in [-0.4, -0.2) is 37.6 Å². The molecule has 0 saturated carbocycles. The highest BCUT2D eigenvalue weighted by Crippen LogP contribution is 2.24.